The molecule has 2 unspecified atom stereocenters. The van der Waals surface area contributed by atoms with Gasteiger partial charge in [-0.1, -0.05) is 23.7 Å². The number of hydrogen-bond donors (Lipinski definition) is 0. The van der Waals surface area contributed by atoms with Gasteiger partial charge in [-0.3, -0.25) is 4.79 Å². The smallest absolute Gasteiger partial charge is 0.264 e. The van der Waals surface area contributed by atoms with Crippen molar-refractivity contribution in [2.45, 2.75) is 25.5 Å². The van der Waals surface area contributed by atoms with Crippen LogP contribution in [0.3, 0.4) is 0 Å². The SMILES string of the molecule is CC(Oc1cccc(Cl)c1)C(=O)N1CCc2sccc2C1c1cccs1. The number of benzene rings is 1. The van der Waals surface area contributed by atoms with Crippen molar-refractivity contribution < 1.29 is 9.53 Å². The molecule has 0 radical (unpaired) electrons. The third kappa shape index (κ3) is 3.39. The number of carbonyl (C=O) groups excluding carboxylic acids is 1. The van der Waals surface area contributed by atoms with Gasteiger partial charge in [0.15, 0.2) is 6.10 Å². The minimum absolute atomic E-state index is 0.000209. The number of halogens is 1. The van der Waals surface area contributed by atoms with Gasteiger partial charge in [0.05, 0.1) is 6.04 Å². The summed E-state index contributed by atoms with van der Waals surface area (Å²) in [5.41, 5.74) is 1.24. The monoisotopic (exact) mass is 403 g/mol. The van der Waals surface area contributed by atoms with Gasteiger partial charge in [0, 0.05) is 21.3 Å². The fourth-order valence-corrected chi connectivity index (χ4v) is 5.27. The average molecular weight is 404 g/mol. The molecule has 0 bridgehead atoms. The molecule has 3 nitrogen and oxygen atoms in total. The van der Waals surface area contributed by atoms with Crippen molar-refractivity contribution in [3.63, 3.8) is 0 Å². The number of hydrogen-bond acceptors (Lipinski definition) is 4. The van der Waals surface area contributed by atoms with Crippen LogP contribution in [0.25, 0.3) is 0 Å². The Morgan fingerprint density at radius 3 is 2.88 bits per heavy atom. The quantitative estimate of drug-likeness (QED) is 0.583. The molecule has 0 saturated carbocycles. The van der Waals surface area contributed by atoms with Gasteiger partial charge in [-0.15, -0.1) is 22.7 Å². The van der Waals surface area contributed by atoms with E-state index in [0.717, 1.165) is 6.42 Å². The number of rotatable bonds is 4. The molecular weight excluding hydrogens is 386 g/mol. The lowest BCUT2D eigenvalue weighted by molar-refractivity contribution is -0.140. The molecule has 0 spiro atoms. The maximum absolute atomic E-state index is 13.2. The van der Waals surface area contributed by atoms with Crippen LogP contribution >= 0.6 is 34.3 Å². The lowest BCUT2D eigenvalue weighted by Gasteiger charge is -2.37. The summed E-state index contributed by atoms with van der Waals surface area (Å²) < 4.78 is 5.88. The Balaban J connectivity index is 1.60. The van der Waals surface area contributed by atoms with Crippen molar-refractivity contribution in [1.82, 2.24) is 4.90 Å². The van der Waals surface area contributed by atoms with Crippen molar-refractivity contribution in [1.29, 1.82) is 0 Å². The van der Waals surface area contributed by atoms with E-state index in [1.165, 1.54) is 15.3 Å². The van der Waals surface area contributed by atoms with Gasteiger partial charge in [0.2, 0.25) is 0 Å². The summed E-state index contributed by atoms with van der Waals surface area (Å²) >= 11 is 9.48. The Morgan fingerprint density at radius 2 is 2.12 bits per heavy atom. The van der Waals surface area contributed by atoms with Crippen LogP contribution in [0, 0.1) is 0 Å². The number of nitrogens with zero attached hydrogens (tertiary/aromatic N) is 1. The molecule has 1 aromatic carbocycles. The summed E-state index contributed by atoms with van der Waals surface area (Å²) in [5, 5.41) is 4.77. The lowest BCUT2D eigenvalue weighted by Crippen LogP contribution is -2.45. The van der Waals surface area contributed by atoms with Gasteiger partial charge in [-0.05, 0) is 60.0 Å². The summed E-state index contributed by atoms with van der Waals surface area (Å²) in [4.78, 5) is 17.7. The third-order valence-electron chi connectivity index (χ3n) is 4.52. The molecule has 6 heteroatoms. The first kappa shape index (κ1) is 17.6. The molecule has 1 amide bonds. The van der Waals surface area contributed by atoms with Gasteiger partial charge in [0.25, 0.3) is 5.91 Å². The molecule has 1 aliphatic heterocycles. The molecule has 3 aromatic rings. The van der Waals surface area contributed by atoms with Gasteiger partial charge in [-0.25, -0.2) is 0 Å². The van der Waals surface area contributed by atoms with Gasteiger partial charge < -0.3 is 9.64 Å². The molecule has 134 valence electrons. The van der Waals surface area contributed by atoms with Gasteiger partial charge in [-0.2, -0.15) is 0 Å². The standard InChI is InChI=1S/C20H18ClNO2S2/c1-13(24-15-5-2-4-14(21)12-15)20(23)22-9-7-17-16(8-11-26-17)19(22)18-6-3-10-25-18/h2-6,8,10-13,19H,7,9H2,1H3. The van der Waals surface area contributed by atoms with Crippen LogP contribution in [0.1, 0.15) is 28.3 Å². The second-order valence-corrected chi connectivity index (χ2v) is 8.63. The van der Waals surface area contributed by atoms with Crippen LogP contribution in [0.4, 0.5) is 0 Å². The Kier molecular flexibility index (Phi) is 5.02. The number of amides is 1. The number of fused-ring (bicyclic) bond motifs is 1. The minimum atomic E-state index is -0.573. The summed E-state index contributed by atoms with van der Waals surface area (Å²) in [6.07, 6.45) is 0.320. The van der Waals surface area contributed by atoms with Crippen LogP contribution in [-0.4, -0.2) is 23.5 Å². The van der Waals surface area contributed by atoms with Crippen molar-refractivity contribution in [2.75, 3.05) is 6.54 Å². The molecule has 3 heterocycles. The second-order valence-electron chi connectivity index (χ2n) is 6.22. The fourth-order valence-electron chi connectivity index (χ4n) is 3.34. The van der Waals surface area contributed by atoms with Crippen LogP contribution in [0.15, 0.2) is 53.2 Å². The Bertz CT molecular complexity index is 906. The molecule has 0 aliphatic carbocycles. The van der Waals surface area contributed by atoms with E-state index in [-0.39, 0.29) is 11.9 Å². The van der Waals surface area contributed by atoms with Crippen molar-refractivity contribution in [2.24, 2.45) is 0 Å². The largest absolute Gasteiger partial charge is 0.481 e. The minimum Gasteiger partial charge on any atom is -0.481 e. The molecule has 26 heavy (non-hydrogen) atoms. The van der Waals surface area contributed by atoms with Crippen LogP contribution in [0.5, 0.6) is 5.75 Å². The summed E-state index contributed by atoms with van der Waals surface area (Å²) in [6, 6.07) is 13.4. The summed E-state index contributed by atoms with van der Waals surface area (Å²) in [5.74, 6) is 0.611. The normalized spacial score (nSPS) is 17.6. The molecule has 2 aromatic heterocycles. The van der Waals surface area contributed by atoms with E-state index in [4.69, 9.17) is 16.3 Å². The molecule has 1 aliphatic rings. The zero-order chi connectivity index (χ0) is 18.1. The number of carbonyl (C=O) groups is 1. The Labute approximate surface area is 165 Å². The van der Waals surface area contributed by atoms with E-state index in [1.807, 2.05) is 23.1 Å². The highest BCUT2D eigenvalue weighted by Crippen LogP contribution is 2.39. The molecule has 2 atom stereocenters. The number of thiophene rings is 2. The maximum Gasteiger partial charge on any atom is 0.264 e. The second kappa shape index (κ2) is 7.43. The van der Waals surface area contributed by atoms with Crippen molar-refractivity contribution in [3.05, 3.63) is 73.6 Å². The van der Waals surface area contributed by atoms with Crippen molar-refractivity contribution >= 4 is 40.2 Å². The fraction of sp³-hybridized carbons (Fsp3) is 0.250. The zero-order valence-corrected chi connectivity index (χ0v) is 16.6. The van der Waals surface area contributed by atoms with Gasteiger partial charge >= 0.3 is 0 Å². The van der Waals surface area contributed by atoms with Crippen LogP contribution < -0.4 is 4.74 Å². The van der Waals surface area contributed by atoms with Gasteiger partial charge in [0.1, 0.15) is 5.75 Å². The third-order valence-corrected chi connectivity index (χ3v) is 6.67. The average Bonchev–Trinajstić information content (AvgIpc) is 3.31. The summed E-state index contributed by atoms with van der Waals surface area (Å²) in [6.45, 7) is 2.51. The molecule has 4 rings (SSSR count). The zero-order valence-electron chi connectivity index (χ0n) is 14.2. The number of ether oxygens (including phenoxy) is 1. The maximum atomic E-state index is 13.2. The Hall–Kier alpha value is -1.82. The van der Waals surface area contributed by atoms with E-state index < -0.39 is 6.10 Å². The molecule has 0 N–H and O–H groups in total. The first-order chi connectivity index (χ1) is 12.6. The lowest BCUT2D eigenvalue weighted by atomic mass is 9.98. The predicted molar refractivity (Wildman–Crippen MR) is 107 cm³/mol. The molecular formula is C20H18ClNO2S2. The highest BCUT2D eigenvalue weighted by molar-refractivity contribution is 7.10. The molecule has 0 saturated heterocycles. The molecule has 0 fully saturated rings. The highest BCUT2D eigenvalue weighted by atomic mass is 35.5. The first-order valence-electron chi connectivity index (χ1n) is 8.46. The first-order valence-corrected chi connectivity index (χ1v) is 10.6. The van der Waals surface area contributed by atoms with E-state index in [0.29, 0.717) is 17.3 Å². The predicted octanol–water partition coefficient (Wildman–Crippen LogP) is 5.40. The van der Waals surface area contributed by atoms with E-state index >= 15 is 0 Å². The van der Waals surface area contributed by atoms with E-state index in [9.17, 15) is 4.79 Å². The van der Waals surface area contributed by atoms with Crippen LogP contribution in [0.2, 0.25) is 5.02 Å². The highest BCUT2D eigenvalue weighted by Gasteiger charge is 2.35. The van der Waals surface area contributed by atoms with E-state index in [1.54, 1.807) is 41.7 Å². The Morgan fingerprint density at radius 1 is 1.23 bits per heavy atom. The van der Waals surface area contributed by atoms with Crippen LogP contribution in [-0.2, 0) is 11.2 Å². The topological polar surface area (TPSA) is 29.5 Å². The van der Waals surface area contributed by atoms with Crippen molar-refractivity contribution in [3.8, 4) is 5.75 Å². The van der Waals surface area contributed by atoms with E-state index in [2.05, 4.69) is 22.9 Å². The summed E-state index contributed by atoms with van der Waals surface area (Å²) in [7, 11) is 0.